The van der Waals surface area contributed by atoms with E-state index in [1.807, 2.05) is 27.7 Å². The largest absolute Gasteiger partial charge is 0.480 e. The van der Waals surface area contributed by atoms with Crippen LogP contribution in [0, 0.1) is 0 Å². The summed E-state index contributed by atoms with van der Waals surface area (Å²) in [6, 6.07) is 3.37. The number of hydrogen-bond donors (Lipinski definition) is 1. The number of rotatable bonds is 2. The molecule has 0 spiro atoms. The second kappa shape index (κ2) is 5.51. The quantitative estimate of drug-likeness (QED) is 0.787. The molecule has 1 saturated heterocycles. The van der Waals surface area contributed by atoms with Gasteiger partial charge in [-0.3, -0.25) is 0 Å². The highest BCUT2D eigenvalue weighted by Crippen LogP contribution is 2.41. The number of hydrogen-bond acceptors (Lipinski definition) is 3. The maximum atomic E-state index is 12.9. The number of nitrogens with two attached hydrogens (primary N) is 1. The van der Waals surface area contributed by atoms with E-state index >= 15 is 0 Å². The van der Waals surface area contributed by atoms with E-state index in [9.17, 15) is 13.2 Å². The molecule has 22 heavy (non-hydrogen) atoms. The van der Waals surface area contributed by atoms with Crippen molar-refractivity contribution in [3.05, 3.63) is 33.8 Å². The first-order chi connectivity index (χ1) is 9.85. The lowest BCUT2D eigenvalue weighted by Gasteiger charge is -2.32. The maximum Gasteiger partial charge on any atom is 0.480 e. The highest BCUT2D eigenvalue weighted by Gasteiger charge is 2.53. The Kier molecular flexibility index (Phi) is 4.45. The molecule has 0 aliphatic carbocycles. The van der Waals surface area contributed by atoms with Crippen molar-refractivity contribution in [2.75, 3.05) is 0 Å². The van der Waals surface area contributed by atoms with E-state index < -0.39 is 36.0 Å². The average Bonchev–Trinajstić information content (AvgIpc) is 2.56. The van der Waals surface area contributed by atoms with Gasteiger partial charge in [0.15, 0.2) is 0 Å². The molecule has 0 aromatic heterocycles. The van der Waals surface area contributed by atoms with Crippen molar-refractivity contribution in [3.63, 3.8) is 0 Å². The summed E-state index contributed by atoms with van der Waals surface area (Å²) < 4.78 is 50.7. The minimum Gasteiger partial charge on any atom is -0.402 e. The molecule has 2 N–H and O–H groups in total. The van der Waals surface area contributed by atoms with Crippen LogP contribution in [0.5, 0.6) is 0 Å². The third-order valence-electron chi connectivity index (χ3n) is 4.25. The minimum atomic E-state index is -4.43. The van der Waals surface area contributed by atoms with E-state index in [1.54, 1.807) is 0 Å². The summed E-state index contributed by atoms with van der Waals surface area (Å²) in [5, 5.41) is 0. The van der Waals surface area contributed by atoms with Gasteiger partial charge in [0.05, 0.1) is 22.7 Å². The second-order valence-electron chi connectivity index (χ2n) is 6.38. The van der Waals surface area contributed by atoms with E-state index in [-0.39, 0.29) is 0 Å². The SMILES string of the molecule is CC1(C)OB([C@H](N)c2cc(C(F)(F)F)ccc2Br)OC1(C)C. The van der Waals surface area contributed by atoms with Gasteiger partial charge in [-0.25, -0.2) is 0 Å². The van der Waals surface area contributed by atoms with E-state index in [0.29, 0.717) is 10.0 Å². The molecule has 122 valence electrons. The third kappa shape index (κ3) is 3.20. The number of halogens is 4. The molecule has 1 aliphatic rings. The zero-order valence-electron chi connectivity index (χ0n) is 12.8. The van der Waals surface area contributed by atoms with Crippen LogP contribution >= 0.6 is 15.9 Å². The van der Waals surface area contributed by atoms with Crippen LogP contribution < -0.4 is 5.73 Å². The Morgan fingerprint density at radius 3 is 2.09 bits per heavy atom. The molecule has 1 aromatic carbocycles. The van der Waals surface area contributed by atoms with Crippen molar-refractivity contribution in [1.82, 2.24) is 0 Å². The van der Waals surface area contributed by atoms with Crippen molar-refractivity contribution < 1.29 is 22.5 Å². The third-order valence-corrected chi connectivity index (χ3v) is 4.97. The fourth-order valence-electron chi connectivity index (χ4n) is 2.16. The van der Waals surface area contributed by atoms with E-state index in [0.717, 1.165) is 12.1 Å². The summed E-state index contributed by atoms with van der Waals surface area (Å²) in [6.45, 7) is 7.45. The highest BCUT2D eigenvalue weighted by molar-refractivity contribution is 9.10. The molecule has 1 heterocycles. The standard InChI is InChI=1S/C14H18BBrF3NO2/c1-12(2)13(3,4)22-15(21-12)11(20)9-7-8(14(17,18)19)5-6-10(9)16/h5-7,11H,20H2,1-4H3/t11-/m1/s1. The van der Waals surface area contributed by atoms with Gasteiger partial charge in [-0.1, -0.05) is 15.9 Å². The van der Waals surface area contributed by atoms with Gasteiger partial charge in [0.1, 0.15) is 0 Å². The van der Waals surface area contributed by atoms with Gasteiger partial charge < -0.3 is 15.0 Å². The zero-order chi connectivity index (χ0) is 16.9. The number of alkyl halides is 3. The van der Waals surface area contributed by atoms with Gasteiger partial charge in [-0.15, -0.1) is 0 Å². The Labute approximate surface area is 136 Å². The van der Waals surface area contributed by atoms with E-state index in [1.165, 1.54) is 6.07 Å². The van der Waals surface area contributed by atoms with Crippen LogP contribution in [0.4, 0.5) is 13.2 Å². The molecule has 0 amide bonds. The van der Waals surface area contributed by atoms with E-state index in [4.69, 9.17) is 15.0 Å². The summed E-state index contributed by atoms with van der Waals surface area (Å²) in [7, 11) is -0.815. The Bertz CT molecular complexity index is 562. The normalized spacial score (nSPS) is 22.0. The van der Waals surface area contributed by atoms with Gasteiger partial charge in [0.25, 0.3) is 0 Å². The van der Waals surface area contributed by atoms with Crippen LogP contribution in [-0.2, 0) is 15.5 Å². The van der Waals surface area contributed by atoms with Crippen LogP contribution in [-0.4, -0.2) is 18.3 Å². The first-order valence-electron chi connectivity index (χ1n) is 6.83. The van der Waals surface area contributed by atoms with E-state index in [2.05, 4.69) is 15.9 Å². The summed E-state index contributed by atoms with van der Waals surface area (Å²) >= 11 is 3.24. The molecule has 2 rings (SSSR count). The van der Waals surface area contributed by atoms with Gasteiger partial charge in [-0.05, 0) is 51.5 Å². The van der Waals surface area contributed by atoms with Gasteiger partial charge >= 0.3 is 13.3 Å². The first-order valence-corrected chi connectivity index (χ1v) is 7.62. The molecule has 1 fully saturated rings. The molecule has 1 aliphatic heterocycles. The van der Waals surface area contributed by atoms with Crippen molar-refractivity contribution in [3.8, 4) is 0 Å². The predicted octanol–water partition coefficient (Wildman–Crippen LogP) is 4.10. The average molecular weight is 380 g/mol. The molecular weight excluding hydrogens is 362 g/mol. The molecule has 8 heteroatoms. The van der Waals surface area contributed by atoms with Crippen LogP contribution in [0.25, 0.3) is 0 Å². The molecule has 1 aromatic rings. The smallest absolute Gasteiger partial charge is 0.402 e. The van der Waals surface area contributed by atoms with Crippen molar-refractivity contribution >= 4 is 23.0 Å². The Hall–Kier alpha value is -0.565. The Morgan fingerprint density at radius 2 is 1.64 bits per heavy atom. The van der Waals surface area contributed by atoms with Gasteiger partial charge in [0.2, 0.25) is 0 Å². The second-order valence-corrected chi connectivity index (χ2v) is 7.24. The summed E-state index contributed by atoms with van der Waals surface area (Å²) in [5.74, 6) is -0.835. The topological polar surface area (TPSA) is 44.5 Å². The van der Waals surface area contributed by atoms with Crippen LogP contribution in [0.1, 0.15) is 44.8 Å². The fraction of sp³-hybridized carbons (Fsp3) is 0.571. The fourth-order valence-corrected chi connectivity index (χ4v) is 2.67. The first kappa shape index (κ1) is 17.8. The Morgan fingerprint density at radius 1 is 1.14 bits per heavy atom. The highest BCUT2D eigenvalue weighted by atomic mass is 79.9. The van der Waals surface area contributed by atoms with Crippen LogP contribution in [0.15, 0.2) is 22.7 Å². The monoisotopic (exact) mass is 379 g/mol. The molecule has 1 atom stereocenters. The van der Waals surface area contributed by atoms with Crippen molar-refractivity contribution in [1.29, 1.82) is 0 Å². The van der Waals surface area contributed by atoms with Crippen LogP contribution in [0.2, 0.25) is 0 Å². The molecule has 3 nitrogen and oxygen atoms in total. The molecule has 0 bridgehead atoms. The zero-order valence-corrected chi connectivity index (χ0v) is 14.4. The summed E-state index contributed by atoms with van der Waals surface area (Å²) in [5.41, 5.74) is 4.47. The minimum absolute atomic E-state index is 0.299. The Balaban J connectivity index is 2.33. The molecule has 0 saturated carbocycles. The molecular formula is C14H18BBrF3NO2. The number of benzene rings is 1. The lowest BCUT2D eigenvalue weighted by molar-refractivity contribution is -0.137. The lowest BCUT2D eigenvalue weighted by Crippen LogP contribution is -2.41. The van der Waals surface area contributed by atoms with Crippen LogP contribution in [0.3, 0.4) is 0 Å². The van der Waals surface area contributed by atoms with Gasteiger partial charge in [0, 0.05) is 4.47 Å². The van der Waals surface area contributed by atoms with Gasteiger partial charge in [-0.2, -0.15) is 13.2 Å². The van der Waals surface area contributed by atoms with Crippen molar-refractivity contribution in [2.45, 2.75) is 51.0 Å². The van der Waals surface area contributed by atoms with Crippen molar-refractivity contribution in [2.24, 2.45) is 5.73 Å². The molecule has 0 radical (unpaired) electrons. The summed E-state index contributed by atoms with van der Waals surface area (Å²) in [6.07, 6.45) is -4.43. The predicted molar refractivity (Wildman–Crippen MR) is 82.2 cm³/mol. The summed E-state index contributed by atoms with van der Waals surface area (Å²) in [4.78, 5) is 0. The maximum absolute atomic E-state index is 12.9. The lowest BCUT2D eigenvalue weighted by atomic mass is 9.74. The molecule has 0 unspecified atom stereocenters.